The number of aryl methyl sites for hydroxylation is 1. The fourth-order valence-electron chi connectivity index (χ4n) is 2.89. The van der Waals surface area contributed by atoms with Crippen LogP contribution in [0.4, 0.5) is 11.4 Å². The average Bonchev–Trinajstić information content (AvgIpc) is 2.53. The highest BCUT2D eigenvalue weighted by Gasteiger charge is 2.19. The number of hydrogen-bond donors (Lipinski definition) is 1. The Hall–Kier alpha value is -1.48. The molecular weight excluding hydrogens is 324 g/mol. The van der Waals surface area contributed by atoms with E-state index in [-0.39, 0.29) is 0 Å². The van der Waals surface area contributed by atoms with Gasteiger partial charge < -0.3 is 10.2 Å². The van der Waals surface area contributed by atoms with Crippen LogP contribution in [0.3, 0.4) is 0 Å². The smallest absolute Gasteiger partial charge is 0.0489 e. The fourth-order valence-corrected chi connectivity index (χ4v) is 3.25. The molecule has 3 rings (SSSR count). The molecular formula is C18H21BrN2. The molecule has 0 amide bonds. The minimum atomic E-state index is 0.558. The van der Waals surface area contributed by atoms with Crippen LogP contribution in [-0.4, -0.2) is 19.1 Å². The number of nitrogens with zero attached hydrogens (tertiary/aromatic N) is 1. The molecule has 0 saturated carbocycles. The van der Waals surface area contributed by atoms with Crippen LogP contribution in [0.2, 0.25) is 0 Å². The summed E-state index contributed by atoms with van der Waals surface area (Å²) in [4.78, 5) is 2.48. The molecule has 0 atom stereocenters. The normalized spacial score (nSPS) is 16.0. The van der Waals surface area contributed by atoms with Crippen molar-refractivity contribution < 1.29 is 0 Å². The van der Waals surface area contributed by atoms with Crippen LogP contribution in [0.1, 0.15) is 18.4 Å². The van der Waals surface area contributed by atoms with Gasteiger partial charge in [-0.05, 0) is 65.5 Å². The third-order valence-electron chi connectivity index (χ3n) is 4.10. The predicted octanol–water partition coefficient (Wildman–Crippen LogP) is 4.84. The summed E-state index contributed by atoms with van der Waals surface area (Å²) in [6, 6.07) is 17.7. The van der Waals surface area contributed by atoms with E-state index in [1.54, 1.807) is 0 Å². The highest BCUT2D eigenvalue weighted by Crippen LogP contribution is 2.27. The van der Waals surface area contributed by atoms with Crippen LogP contribution >= 0.6 is 15.9 Å². The summed E-state index contributed by atoms with van der Waals surface area (Å²) >= 11 is 3.63. The Morgan fingerprint density at radius 1 is 1.05 bits per heavy atom. The molecule has 1 saturated heterocycles. The van der Waals surface area contributed by atoms with E-state index in [1.807, 2.05) is 0 Å². The van der Waals surface area contributed by atoms with E-state index in [2.05, 4.69) is 81.6 Å². The van der Waals surface area contributed by atoms with Crippen molar-refractivity contribution in [1.29, 1.82) is 0 Å². The molecule has 3 heteroatoms. The molecule has 0 aromatic heterocycles. The van der Waals surface area contributed by atoms with Gasteiger partial charge >= 0.3 is 0 Å². The van der Waals surface area contributed by atoms with Crippen molar-refractivity contribution >= 4 is 27.3 Å². The first-order chi connectivity index (χ1) is 10.2. The Morgan fingerprint density at radius 3 is 2.48 bits per heavy atom. The van der Waals surface area contributed by atoms with Crippen LogP contribution in [0.25, 0.3) is 0 Å². The molecule has 21 heavy (non-hydrogen) atoms. The fraction of sp³-hybridized carbons (Fsp3) is 0.333. The van der Waals surface area contributed by atoms with Crippen LogP contribution in [0.15, 0.2) is 53.0 Å². The largest absolute Gasteiger partial charge is 0.381 e. The summed E-state index contributed by atoms with van der Waals surface area (Å²) in [5.41, 5.74) is 3.85. The van der Waals surface area contributed by atoms with Crippen LogP contribution in [0.5, 0.6) is 0 Å². The van der Waals surface area contributed by atoms with E-state index in [4.69, 9.17) is 0 Å². The SMILES string of the molecule is Cc1ccc(Br)c(NC2CCN(c3ccccc3)CC2)c1. The van der Waals surface area contributed by atoms with Crippen molar-refractivity contribution in [2.45, 2.75) is 25.8 Å². The molecule has 1 N–H and O–H groups in total. The summed E-state index contributed by atoms with van der Waals surface area (Å²) in [6.07, 6.45) is 2.35. The third kappa shape index (κ3) is 3.59. The number of rotatable bonds is 3. The van der Waals surface area contributed by atoms with Crippen molar-refractivity contribution in [2.24, 2.45) is 0 Å². The zero-order valence-corrected chi connectivity index (χ0v) is 13.9. The molecule has 0 spiro atoms. The van der Waals surface area contributed by atoms with E-state index < -0.39 is 0 Å². The van der Waals surface area contributed by atoms with Crippen LogP contribution < -0.4 is 10.2 Å². The van der Waals surface area contributed by atoms with Crippen molar-refractivity contribution in [2.75, 3.05) is 23.3 Å². The van der Waals surface area contributed by atoms with Gasteiger partial charge in [0.1, 0.15) is 0 Å². The Bertz CT molecular complexity index is 589. The number of hydrogen-bond acceptors (Lipinski definition) is 2. The molecule has 2 aromatic rings. The first kappa shape index (κ1) is 14.5. The van der Waals surface area contributed by atoms with E-state index in [9.17, 15) is 0 Å². The standard InChI is InChI=1S/C18H21BrN2/c1-14-7-8-17(19)18(13-14)20-15-9-11-21(12-10-15)16-5-3-2-4-6-16/h2-8,13,15,20H,9-12H2,1H3. The number of piperidine rings is 1. The lowest BCUT2D eigenvalue weighted by Crippen LogP contribution is -2.39. The van der Waals surface area contributed by atoms with Gasteiger partial charge in [0.05, 0.1) is 0 Å². The van der Waals surface area contributed by atoms with Crippen molar-refractivity contribution in [3.8, 4) is 0 Å². The van der Waals surface area contributed by atoms with E-state index in [0.717, 1.165) is 17.6 Å². The summed E-state index contributed by atoms with van der Waals surface area (Å²) in [5, 5.41) is 3.69. The number of nitrogens with one attached hydrogen (secondary N) is 1. The second-order valence-electron chi connectivity index (χ2n) is 5.72. The van der Waals surface area contributed by atoms with Gasteiger partial charge in [0.25, 0.3) is 0 Å². The molecule has 0 unspecified atom stereocenters. The zero-order valence-electron chi connectivity index (χ0n) is 12.3. The van der Waals surface area contributed by atoms with Gasteiger partial charge in [-0.2, -0.15) is 0 Å². The van der Waals surface area contributed by atoms with Crippen molar-refractivity contribution in [3.05, 3.63) is 58.6 Å². The lowest BCUT2D eigenvalue weighted by Gasteiger charge is -2.34. The third-order valence-corrected chi connectivity index (χ3v) is 4.79. The molecule has 1 fully saturated rings. The zero-order chi connectivity index (χ0) is 14.7. The molecule has 1 heterocycles. The molecule has 0 radical (unpaired) electrons. The molecule has 1 aliphatic heterocycles. The quantitative estimate of drug-likeness (QED) is 0.856. The first-order valence-electron chi connectivity index (χ1n) is 7.55. The summed E-state index contributed by atoms with van der Waals surface area (Å²) in [6.45, 7) is 4.37. The van der Waals surface area contributed by atoms with Gasteiger partial charge in [0, 0.05) is 35.0 Å². The molecule has 2 nitrogen and oxygen atoms in total. The second kappa shape index (κ2) is 6.52. The lowest BCUT2D eigenvalue weighted by atomic mass is 10.0. The Balaban J connectivity index is 1.60. The van der Waals surface area contributed by atoms with Crippen molar-refractivity contribution in [3.63, 3.8) is 0 Å². The topological polar surface area (TPSA) is 15.3 Å². The number of benzene rings is 2. The van der Waals surface area contributed by atoms with E-state index in [0.29, 0.717) is 6.04 Å². The number of anilines is 2. The highest BCUT2D eigenvalue weighted by molar-refractivity contribution is 9.10. The molecule has 0 bridgehead atoms. The van der Waals surface area contributed by atoms with E-state index >= 15 is 0 Å². The highest BCUT2D eigenvalue weighted by atomic mass is 79.9. The second-order valence-corrected chi connectivity index (χ2v) is 6.58. The van der Waals surface area contributed by atoms with Crippen LogP contribution in [0, 0.1) is 6.92 Å². The average molecular weight is 345 g/mol. The molecule has 110 valence electrons. The van der Waals surface area contributed by atoms with Crippen molar-refractivity contribution in [1.82, 2.24) is 0 Å². The molecule has 2 aromatic carbocycles. The summed E-state index contributed by atoms with van der Waals surface area (Å²) in [5.74, 6) is 0. The Labute approximate surface area is 135 Å². The monoisotopic (exact) mass is 344 g/mol. The maximum Gasteiger partial charge on any atom is 0.0489 e. The van der Waals surface area contributed by atoms with Gasteiger partial charge in [0.15, 0.2) is 0 Å². The maximum absolute atomic E-state index is 3.69. The maximum atomic E-state index is 3.69. The van der Waals surface area contributed by atoms with Crippen LogP contribution in [-0.2, 0) is 0 Å². The van der Waals surface area contributed by atoms with Gasteiger partial charge in [-0.15, -0.1) is 0 Å². The van der Waals surface area contributed by atoms with E-state index in [1.165, 1.54) is 29.8 Å². The Morgan fingerprint density at radius 2 is 1.76 bits per heavy atom. The molecule has 0 aliphatic carbocycles. The predicted molar refractivity (Wildman–Crippen MR) is 94.2 cm³/mol. The van der Waals surface area contributed by atoms with Gasteiger partial charge in [0.2, 0.25) is 0 Å². The number of halogens is 1. The Kier molecular flexibility index (Phi) is 4.49. The molecule has 1 aliphatic rings. The minimum Gasteiger partial charge on any atom is -0.381 e. The minimum absolute atomic E-state index is 0.558. The van der Waals surface area contributed by atoms with Gasteiger partial charge in [-0.25, -0.2) is 0 Å². The summed E-state index contributed by atoms with van der Waals surface area (Å²) in [7, 11) is 0. The summed E-state index contributed by atoms with van der Waals surface area (Å²) < 4.78 is 1.15. The van der Waals surface area contributed by atoms with Gasteiger partial charge in [-0.3, -0.25) is 0 Å². The van der Waals surface area contributed by atoms with Gasteiger partial charge in [-0.1, -0.05) is 24.3 Å². The first-order valence-corrected chi connectivity index (χ1v) is 8.34. The lowest BCUT2D eigenvalue weighted by molar-refractivity contribution is 0.526. The number of para-hydroxylation sites is 1.